The Bertz CT molecular complexity index is 999. The molecule has 2 aliphatic rings. The van der Waals surface area contributed by atoms with Gasteiger partial charge in [-0.15, -0.1) is 11.3 Å². The summed E-state index contributed by atoms with van der Waals surface area (Å²) < 4.78 is 5.32. The van der Waals surface area contributed by atoms with E-state index in [1.54, 1.807) is 18.3 Å². The Morgan fingerprint density at radius 3 is 2.70 bits per heavy atom. The molecular formula is C25H34N4O3S. The van der Waals surface area contributed by atoms with Crippen LogP contribution in [0.1, 0.15) is 70.0 Å². The third-order valence-electron chi connectivity index (χ3n) is 6.31. The lowest BCUT2D eigenvalue weighted by atomic mass is 9.90. The van der Waals surface area contributed by atoms with E-state index >= 15 is 0 Å². The molecule has 2 aromatic rings. The number of hydrogen-bond donors (Lipinski definition) is 1. The Labute approximate surface area is 200 Å². The quantitative estimate of drug-likeness (QED) is 0.657. The second-order valence-electron chi connectivity index (χ2n) is 9.36. The van der Waals surface area contributed by atoms with E-state index in [0.29, 0.717) is 6.42 Å². The fourth-order valence-corrected chi connectivity index (χ4v) is 5.70. The van der Waals surface area contributed by atoms with E-state index in [0.717, 1.165) is 47.2 Å². The van der Waals surface area contributed by atoms with Crippen molar-refractivity contribution in [1.29, 1.82) is 0 Å². The van der Waals surface area contributed by atoms with Gasteiger partial charge >= 0.3 is 6.09 Å². The molecule has 1 N–H and O–H groups in total. The van der Waals surface area contributed by atoms with Crippen LogP contribution >= 0.6 is 11.3 Å². The molecule has 8 heteroatoms. The maximum Gasteiger partial charge on any atom is 0.407 e. The molecule has 2 aliphatic heterocycles. The zero-order valence-electron chi connectivity index (χ0n) is 20.0. The number of amides is 2. The predicted molar refractivity (Wildman–Crippen MR) is 131 cm³/mol. The van der Waals surface area contributed by atoms with Gasteiger partial charge in [-0.3, -0.25) is 9.69 Å². The lowest BCUT2D eigenvalue weighted by Gasteiger charge is -2.39. The molecule has 178 valence electrons. The average Bonchev–Trinajstić information content (AvgIpc) is 3.22. The van der Waals surface area contributed by atoms with E-state index in [1.807, 2.05) is 37.8 Å². The number of fused-ring (bicyclic) bond motifs is 1. The summed E-state index contributed by atoms with van der Waals surface area (Å²) in [5.74, 6) is -0.00261. The number of carbonyl (C=O) groups is 2. The Morgan fingerprint density at radius 2 is 2.00 bits per heavy atom. The molecule has 2 amide bonds. The molecule has 33 heavy (non-hydrogen) atoms. The van der Waals surface area contributed by atoms with Crippen LogP contribution in [-0.2, 0) is 16.1 Å². The SMILES string of the molecule is CC(=O)N1c2ccc(-c3csc(CN4CCCCC4)n3)cc2C(NC(=O)OC(C)C)C[C@H]1C. The summed E-state index contributed by atoms with van der Waals surface area (Å²) in [6.45, 7) is 10.4. The summed E-state index contributed by atoms with van der Waals surface area (Å²) in [6.07, 6.45) is 3.85. The summed E-state index contributed by atoms with van der Waals surface area (Å²) in [4.78, 5) is 34.0. The Hall–Kier alpha value is -2.45. The highest BCUT2D eigenvalue weighted by molar-refractivity contribution is 7.09. The molecule has 1 saturated heterocycles. The lowest BCUT2D eigenvalue weighted by Crippen LogP contribution is -2.45. The number of nitrogens with zero attached hydrogens (tertiary/aromatic N) is 3. The maximum absolute atomic E-state index is 12.4. The molecule has 1 aromatic heterocycles. The minimum atomic E-state index is -0.438. The van der Waals surface area contributed by atoms with Crippen LogP contribution in [0.4, 0.5) is 10.5 Å². The van der Waals surface area contributed by atoms with Gasteiger partial charge in [0, 0.05) is 29.6 Å². The number of nitrogens with one attached hydrogen (secondary N) is 1. The second-order valence-corrected chi connectivity index (χ2v) is 10.3. The molecule has 0 radical (unpaired) electrons. The minimum absolute atomic E-state index is 0.00261. The van der Waals surface area contributed by atoms with Crippen molar-refractivity contribution in [2.45, 2.75) is 78.1 Å². The van der Waals surface area contributed by atoms with Crippen molar-refractivity contribution in [1.82, 2.24) is 15.2 Å². The number of carbonyl (C=O) groups excluding carboxylic acids is 2. The molecular weight excluding hydrogens is 436 g/mol. The standard InChI is InChI=1S/C25H34N4O3S/c1-16(2)32-25(31)27-21-12-17(3)29(18(4)30)23-9-8-19(13-20(21)23)22-15-33-24(26-22)14-28-10-6-5-7-11-28/h8-9,13,15-17,21H,5-7,10-12,14H2,1-4H3,(H,27,31)/t17-,21?/m1/s1. The third kappa shape index (κ3) is 5.55. The Kier molecular flexibility index (Phi) is 7.34. The number of rotatable bonds is 5. The third-order valence-corrected chi connectivity index (χ3v) is 7.14. The first-order chi connectivity index (χ1) is 15.8. The second kappa shape index (κ2) is 10.2. The van der Waals surface area contributed by atoms with Crippen LogP contribution in [0, 0.1) is 0 Å². The molecule has 1 unspecified atom stereocenters. The normalized spacial score (nSPS) is 21.1. The Morgan fingerprint density at radius 1 is 1.24 bits per heavy atom. The van der Waals surface area contributed by atoms with Gasteiger partial charge in [-0.05, 0) is 70.8 Å². The fraction of sp³-hybridized carbons (Fsp3) is 0.560. The molecule has 1 fully saturated rings. The van der Waals surface area contributed by atoms with Gasteiger partial charge < -0.3 is 15.0 Å². The van der Waals surface area contributed by atoms with Crippen molar-refractivity contribution in [3.8, 4) is 11.3 Å². The zero-order chi connectivity index (χ0) is 23.5. The van der Waals surface area contributed by atoms with Crippen LogP contribution in [0.5, 0.6) is 0 Å². The maximum atomic E-state index is 12.4. The van der Waals surface area contributed by atoms with Crippen molar-refractivity contribution >= 4 is 29.0 Å². The number of alkyl carbamates (subject to hydrolysis) is 1. The van der Waals surface area contributed by atoms with Gasteiger partial charge in [0.05, 0.1) is 24.4 Å². The van der Waals surface area contributed by atoms with Crippen LogP contribution in [-0.4, -0.2) is 47.1 Å². The van der Waals surface area contributed by atoms with Crippen LogP contribution < -0.4 is 10.2 Å². The van der Waals surface area contributed by atoms with Crippen molar-refractivity contribution in [2.24, 2.45) is 0 Å². The van der Waals surface area contributed by atoms with Crippen LogP contribution in [0.3, 0.4) is 0 Å². The number of piperidine rings is 1. The molecule has 4 rings (SSSR count). The van der Waals surface area contributed by atoms with Gasteiger partial charge in [0.15, 0.2) is 0 Å². The summed E-state index contributed by atoms with van der Waals surface area (Å²) in [7, 11) is 0. The van der Waals surface area contributed by atoms with Gasteiger partial charge in [-0.25, -0.2) is 9.78 Å². The smallest absolute Gasteiger partial charge is 0.407 e. The predicted octanol–water partition coefficient (Wildman–Crippen LogP) is 5.12. The fourth-order valence-electron chi connectivity index (χ4n) is 4.86. The summed E-state index contributed by atoms with van der Waals surface area (Å²) >= 11 is 1.69. The molecule has 1 aromatic carbocycles. The first kappa shape index (κ1) is 23.7. The lowest BCUT2D eigenvalue weighted by molar-refractivity contribution is -0.117. The van der Waals surface area contributed by atoms with Crippen molar-refractivity contribution < 1.29 is 14.3 Å². The molecule has 2 atom stereocenters. The highest BCUT2D eigenvalue weighted by Gasteiger charge is 2.34. The van der Waals surface area contributed by atoms with Crippen LogP contribution in [0.25, 0.3) is 11.3 Å². The van der Waals surface area contributed by atoms with E-state index in [4.69, 9.17) is 9.72 Å². The van der Waals surface area contributed by atoms with E-state index in [-0.39, 0.29) is 24.1 Å². The largest absolute Gasteiger partial charge is 0.447 e. The minimum Gasteiger partial charge on any atom is -0.447 e. The van der Waals surface area contributed by atoms with Gasteiger partial charge in [0.1, 0.15) is 5.01 Å². The number of ether oxygens (including phenoxy) is 1. The molecule has 0 spiro atoms. The molecule has 0 saturated carbocycles. The van der Waals surface area contributed by atoms with E-state index < -0.39 is 6.09 Å². The summed E-state index contributed by atoms with van der Waals surface area (Å²) in [5.41, 5.74) is 3.69. The molecule has 0 bridgehead atoms. The van der Waals surface area contributed by atoms with Crippen molar-refractivity contribution in [3.05, 3.63) is 34.2 Å². The number of likely N-dealkylation sites (tertiary alicyclic amines) is 1. The van der Waals surface area contributed by atoms with Gasteiger partial charge in [-0.1, -0.05) is 12.5 Å². The van der Waals surface area contributed by atoms with E-state index in [9.17, 15) is 9.59 Å². The van der Waals surface area contributed by atoms with Crippen molar-refractivity contribution in [3.63, 3.8) is 0 Å². The number of thiazole rings is 1. The number of benzene rings is 1. The topological polar surface area (TPSA) is 74.8 Å². The number of anilines is 1. The monoisotopic (exact) mass is 470 g/mol. The van der Waals surface area contributed by atoms with Gasteiger partial charge in [0.2, 0.25) is 5.91 Å². The highest BCUT2D eigenvalue weighted by atomic mass is 32.1. The van der Waals surface area contributed by atoms with Crippen LogP contribution in [0.15, 0.2) is 23.6 Å². The first-order valence-corrected chi connectivity index (χ1v) is 12.8. The molecule has 3 heterocycles. The number of hydrogen-bond acceptors (Lipinski definition) is 6. The van der Waals surface area contributed by atoms with Crippen LogP contribution in [0.2, 0.25) is 0 Å². The zero-order valence-corrected chi connectivity index (χ0v) is 20.8. The summed E-state index contributed by atoms with van der Waals surface area (Å²) in [5, 5.41) is 6.24. The van der Waals surface area contributed by atoms with Gasteiger partial charge in [-0.2, -0.15) is 0 Å². The van der Waals surface area contributed by atoms with Crippen molar-refractivity contribution in [2.75, 3.05) is 18.0 Å². The molecule has 0 aliphatic carbocycles. The highest BCUT2D eigenvalue weighted by Crippen LogP contribution is 2.40. The number of aromatic nitrogens is 1. The van der Waals surface area contributed by atoms with Gasteiger partial charge in [0.25, 0.3) is 0 Å². The Balaban J connectivity index is 1.61. The first-order valence-electron chi connectivity index (χ1n) is 11.9. The summed E-state index contributed by atoms with van der Waals surface area (Å²) in [6, 6.07) is 5.81. The average molecular weight is 471 g/mol. The molecule has 7 nitrogen and oxygen atoms in total. The van der Waals surface area contributed by atoms with E-state index in [1.165, 1.54) is 19.3 Å². The van der Waals surface area contributed by atoms with E-state index in [2.05, 4.69) is 21.7 Å².